The van der Waals surface area contributed by atoms with E-state index in [9.17, 15) is 33.4 Å². The minimum absolute atomic E-state index is 0.0890. The predicted molar refractivity (Wildman–Crippen MR) is 185 cm³/mol. The van der Waals surface area contributed by atoms with Gasteiger partial charge in [-0.3, -0.25) is 28.5 Å². The van der Waals surface area contributed by atoms with Crippen LogP contribution < -0.4 is 21.3 Å². The fourth-order valence-corrected chi connectivity index (χ4v) is 7.49. The fourth-order valence-electron chi connectivity index (χ4n) is 5.87. The van der Waals surface area contributed by atoms with Gasteiger partial charge in [-0.2, -0.15) is 0 Å². The summed E-state index contributed by atoms with van der Waals surface area (Å²) in [6, 6.07) is 15.0. The molecule has 48 heavy (non-hydrogen) atoms. The Morgan fingerprint density at radius 1 is 0.958 bits per heavy atom. The van der Waals surface area contributed by atoms with E-state index in [-0.39, 0.29) is 18.2 Å². The van der Waals surface area contributed by atoms with Crippen LogP contribution in [0.1, 0.15) is 65.9 Å². The Balaban J connectivity index is 1.81. The standard InChI is InChI=1S/C35H50N5O7P/c1-23(2)21-30(36)35(45)40(29-15-10-7-11-16-29)34(44)28(19-18-27-13-8-6-9-14-27)22-48(46,47)25(4)38-32(42)24(3)37-33(43)31-17-12-20-39(31)26(5)41/h6-11,13-16,23-25,28,30-31H,12,17-22,36H2,1-5H3,(H,37,43)(H,38,42)(H,46,47)/t24-,25+,28?,30-,31-/m0/s1. The molecule has 0 aromatic heterocycles. The van der Waals surface area contributed by atoms with E-state index in [0.29, 0.717) is 37.9 Å². The lowest BCUT2D eigenvalue weighted by Crippen LogP contribution is -2.53. The molecule has 12 nitrogen and oxygen atoms in total. The molecule has 1 fully saturated rings. The van der Waals surface area contributed by atoms with Crippen LogP contribution in [0, 0.1) is 11.8 Å². The second kappa shape index (κ2) is 17.5. The molecule has 2 aromatic rings. The van der Waals surface area contributed by atoms with Gasteiger partial charge in [-0.25, -0.2) is 4.90 Å². The molecule has 3 rings (SSSR count). The van der Waals surface area contributed by atoms with Crippen LogP contribution in [0.4, 0.5) is 5.69 Å². The lowest BCUT2D eigenvalue weighted by molar-refractivity contribution is -0.138. The largest absolute Gasteiger partial charge is 0.343 e. The Labute approximate surface area is 283 Å². The number of hydrogen-bond donors (Lipinski definition) is 4. The van der Waals surface area contributed by atoms with E-state index in [1.54, 1.807) is 30.3 Å². The lowest BCUT2D eigenvalue weighted by atomic mass is 9.98. The topological polar surface area (TPSA) is 179 Å². The van der Waals surface area contributed by atoms with E-state index in [1.165, 1.54) is 25.7 Å². The van der Waals surface area contributed by atoms with Crippen LogP contribution in [0.5, 0.6) is 0 Å². The van der Waals surface area contributed by atoms with Gasteiger partial charge in [0.15, 0.2) is 0 Å². The summed E-state index contributed by atoms with van der Waals surface area (Å²) in [6.45, 7) is 8.51. The minimum atomic E-state index is -4.28. The lowest BCUT2D eigenvalue weighted by Gasteiger charge is -2.31. The highest BCUT2D eigenvalue weighted by atomic mass is 31.2. The van der Waals surface area contributed by atoms with Crippen LogP contribution >= 0.6 is 7.37 Å². The van der Waals surface area contributed by atoms with Crippen LogP contribution in [0.15, 0.2) is 60.7 Å². The van der Waals surface area contributed by atoms with Crippen molar-refractivity contribution >= 4 is 42.6 Å². The average Bonchev–Trinajstić information content (AvgIpc) is 3.54. The summed E-state index contributed by atoms with van der Waals surface area (Å²) in [5, 5.41) is 5.14. The summed E-state index contributed by atoms with van der Waals surface area (Å²) >= 11 is 0. The molecule has 1 heterocycles. The molecule has 262 valence electrons. The highest BCUT2D eigenvalue weighted by Gasteiger charge is 2.40. The third kappa shape index (κ3) is 10.6. The quantitative estimate of drug-likeness (QED) is 0.206. The van der Waals surface area contributed by atoms with Gasteiger partial charge in [0.1, 0.15) is 17.9 Å². The molecule has 2 unspecified atom stereocenters. The number of anilines is 1. The van der Waals surface area contributed by atoms with Crippen molar-refractivity contribution in [1.82, 2.24) is 15.5 Å². The number of hydrogen-bond acceptors (Lipinski definition) is 7. The van der Waals surface area contributed by atoms with Gasteiger partial charge >= 0.3 is 0 Å². The van der Waals surface area contributed by atoms with Crippen LogP contribution in [-0.2, 0) is 35.0 Å². The average molecular weight is 684 g/mol. The van der Waals surface area contributed by atoms with Gasteiger partial charge in [0.05, 0.1) is 11.7 Å². The van der Waals surface area contributed by atoms with Crippen molar-refractivity contribution in [2.24, 2.45) is 17.6 Å². The van der Waals surface area contributed by atoms with Crippen molar-refractivity contribution in [3.05, 3.63) is 66.2 Å². The Bertz CT molecular complexity index is 1470. The number of nitrogens with one attached hydrogen (secondary N) is 2. The van der Waals surface area contributed by atoms with Crippen LogP contribution in [0.2, 0.25) is 0 Å². The second-order valence-electron chi connectivity index (χ2n) is 13.0. The summed E-state index contributed by atoms with van der Waals surface area (Å²) in [5.74, 6) is -4.91. The van der Waals surface area contributed by atoms with Crippen LogP contribution in [0.25, 0.3) is 0 Å². The number of likely N-dealkylation sites (tertiary alicyclic amines) is 1. The van der Waals surface area contributed by atoms with Crippen molar-refractivity contribution in [3.8, 4) is 0 Å². The number of amides is 5. The molecule has 6 atom stereocenters. The first-order valence-corrected chi connectivity index (χ1v) is 18.5. The van der Waals surface area contributed by atoms with Crippen molar-refractivity contribution in [1.29, 1.82) is 0 Å². The van der Waals surface area contributed by atoms with Crippen molar-refractivity contribution in [3.63, 3.8) is 0 Å². The SMILES string of the molecule is CC(=O)N1CCC[C@H]1C(=O)N[C@@H](C)C(=O)N[C@@H](C)P(=O)(O)CC(CCc1ccccc1)C(=O)N(C(=O)[C@@H](N)CC(C)C)c1ccccc1. The van der Waals surface area contributed by atoms with E-state index in [2.05, 4.69) is 10.6 Å². The van der Waals surface area contributed by atoms with Gasteiger partial charge < -0.3 is 26.2 Å². The smallest absolute Gasteiger partial charge is 0.250 e. The van der Waals surface area contributed by atoms with E-state index >= 15 is 0 Å². The number of carbonyl (C=O) groups excluding carboxylic acids is 5. The zero-order valence-corrected chi connectivity index (χ0v) is 29.4. The minimum Gasteiger partial charge on any atom is -0.343 e. The molecule has 0 bridgehead atoms. The number of nitrogens with zero attached hydrogens (tertiary/aromatic N) is 2. The zero-order chi connectivity index (χ0) is 35.6. The fraction of sp³-hybridized carbons (Fsp3) is 0.514. The number of para-hydroxylation sites is 1. The summed E-state index contributed by atoms with van der Waals surface area (Å²) in [4.78, 5) is 79.6. The molecule has 5 N–H and O–H groups in total. The molecule has 1 aliphatic heterocycles. The molecule has 0 radical (unpaired) electrons. The van der Waals surface area contributed by atoms with E-state index < -0.39 is 67.0 Å². The first kappa shape index (κ1) is 38.6. The highest BCUT2D eigenvalue weighted by molar-refractivity contribution is 7.58. The maximum absolute atomic E-state index is 14.3. The normalized spacial score (nSPS) is 18.2. The second-order valence-corrected chi connectivity index (χ2v) is 15.7. The number of imide groups is 1. The number of benzene rings is 2. The summed E-state index contributed by atoms with van der Waals surface area (Å²) in [5.41, 5.74) is 7.49. The summed E-state index contributed by atoms with van der Waals surface area (Å²) in [7, 11) is -4.28. The molecule has 1 saturated heterocycles. The molecule has 5 amide bonds. The van der Waals surface area contributed by atoms with E-state index in [4.69, 9.17) is 5.73 Å². The van der Waals surface area contributed by atoms with Gasteiger partial charge in [0.2, 0.25) is 31.0 Å². The van der Waals surface area contributed by atoms with E-state index in [1.807, 2.05) is 44.2 Å². The van der Waals surface area contributed by atoms with Gasteiger partial charge in [-0.15, -0.1) is 0 Å². The highest BCUT2D eigenvalue weighted by Crippen LogP contribution is 2.47. The molecular weight excluding hydrogens is 633 g/mol. The van der Waals surface area contributed by atoms with E-state index in [0.717, 1.165) is 10.5 Å². The van der Waals surface area contributed by atoms with Gasteiger partial charge in [0.25, 0.3) is 5.91 Å². The monoisotopic (exact) mass is 683 g/mol. The molecular formula is C35H50N5O7P. The molecule has 1 aliphatic rings. The third-order valence-corrected chi connectivity index (χ3v) is 10.9. The van der Waals surface area contributed by atoms with Crippen molar-refractivity contribution < 1.29 is 33.4 Å². The molecule has 0 aliphatic carbocycles. The summed E-state index contributed by atoms with van der Waals surface area (Å²) < 4.78 is 13.9. The molecule has 0 spiro atoms. The first-order chi connectivity index (χ1) is 22.6. The molecule has 13 heteroatoms. The maximum Gasteiger partial charge on any atom is 0.250 e. The number of carbonyl (C=O) groups is 5. The number of aryl methyl sites for hydroxylation is 1. The van der Waals surface area contributed by atoms with Gasteiger partial charge in [-0.05, 0) is 69.6 Å². The van der Waals surface area contributed by atoms with Crippen LogP contribution in [-0.4, -0.2) is 75.9 Å². The van der Waals surface area contributed by atoms with Crippen molar-refractivity contribution in [2.45, 2.75) is 90.6 Å². The van der Waals surface area contributed by atoms with Gasteiger partial charge in [-0.1, -0.05) is 62.4 Å². The van der Waals surface area contributed by atoms with Crippen LogP contribution in [0.3, 0.4) is 0 Å². The Hall–Kier alpha value is -3.86. The van der Waals surface area contributed by atoms with Crippen molar-refractivity contribution in [2.75, 3.05) is 17.6 Å². The maximum atomic E-state index is 14.3. The van der Waals surface area contributed by atoms with Gasteiger partial charge in [0, 0.05) is 25.5 Å². The molecule has 0 saturated carbocycles. The Morgan fingerprint density at radius 3 is 2.15 bits per heavy atom. The first-order valence-electron chi connectivity index (χ1n) is 16.5. The summed E-state index contributed by atoms with van der Waals surface area (Å²) in [6.07, 6.45) is 1.54. The Morgan fingerprint density at radius 2 is 1.56 bits per heavy atom. The zero-order valence-electron chi connectivity index (χ0n) is 28.5. The molecule has 2 aromatic carbocycles. The number of rotatable bonds is 15. The number of nitrogens with two attached hydrogens (primary N) is 1. The predicted octanol–water partition coefficient (Wildman–Crippen LogP) is 3.42. The Kier molecular flexibility index (Phi) is 14.1. The third-order valence-electron chi connectivity index (χ3n) is 8.62.